The first-order valence-electron chi connectivity index (χ1n) is 10.3. The Bertz CT molecular complexity index is 988. The molecular weight excluding hydrogens is 419 g/mol. The fraction of sp³-hybridized carbons (Fsp3) is 0.409. The number of hydrogen-bond acceptors (Lipinski definition) is 5. The van der Waals surface area contributed by atoms with Crippen molar-refractivity contribution >= 4 is 21.5 Å². The van der Waals surface area contributed by atoms with Gasteiger partial charge in [-0.15, -0.1) is 0 Å². The molecule has 0 spiro atoms. The van der Waals surface area contributed by atoms with Crippen LogP contribution in [0.25, 0.3) is 0 Å². The Morgan fingerprint density at radius 2 is 1.77 bits per heavy atom. The zero-order valence-corrected chi connectivity index (χ0v) is 18.7. The van der Waals surface area contributed by atoms with Crippen LogP contribution in [0.2, 0.25) is 0 Å². The number of halogens is 1. The van der Waals surface area contributed by atoms with Crippen LogP contribution >= 0.6 is 0 Å². The lowest BCUT2D eigenvalue weighted by Gasteiger charge is -2.37. The van der Waals surface area contributed by atoms with Crippen LogP contribution in [0.4, 0.5) is 10.1 Å². The van der Waals surface area contributed by atoms with Crippen LogP contribution < -0.4 is 15.0 Å². The number of hydrogen-bond donors (Lipinski definition) is 1. The van der Waals surface area contributed by atoms with Crippen LogP contribution in [0.3, 0.4) is 0 Å². The predicted octanol–water partition coefficient (Wildman–Crippen LogP) is 2.40. The van der Waals surface area contributed by atoms with E-state index in [0.717, 1.165) is 43.7 Å². The summed E-state index contributed by atoms with van der Waals surface area (Å²) < 4.78 is 44.0. The number of methoxy groups -OCH3 is 1. The molecule has 2 aromatic rings. The minimum Gasteiger partial charge on any atom is -0.497 e. The number of piperazine rings is 1. The zero-order valence-electron chi connectivity index (χ0n) is 17.9. The molecule has 1 aliphatic rings. The van der Waals surface area contributed by atoms with Crippen molar-refractivity contribution in [2.45, 2.75) is 11.8 Å². The van der Waals surface area contributed by atoms with Crippen LogP contribution in [0.15, 0.2) is 58.4 Å². The first kappa shape index (κ1) is 22.9. The number of aliphatic imine (C=N–C) groups is 1. The van der Waals surface area contributed by atoms with Gasteiger partial charge in [0.2, 0.25) is 0 Å². The average Bonchev–Trinajstić information content (AvgIpc) is 2.79. The van der Waals surface area contributed by atoms with Crippen LogP contribution in [-0.4, -0.2) is 71.4 Å². The van der Waals surface area contributed by atoms with Crippen molar-refractivity contribution in [1.29, 1.82) is 0 Å². The topological polar surface area (TPSA) is 74.2 Å². The molecule has 168 valence electrons. The first-order valence-corrected chi connectivity index (χ1v) is 12.0. The Balaban J connectivity index is 1.60. The maximum Gasteiger partial charge on any atom is 0.194 e. The van der Waals surface area contributed by atoms with Crippen LogP contribution in [0.1, 0.15) is 6.92 Å². The van der Waals surface area contributed by atoms with Crippen molar-refractivity contribution in [2.24, 2.45) is 4.99 Å². The van der Waals surface area contributed by atoms with Gasteiger partial charge in [-0.05, 0) is 43.3 Å². The van der Waals surface area contributed by atoms with Gasteiger partial charge >= 0.3 is 0 Å². The van der Waals surface area contributed by atoms with Gasteiger partial charge in [0, 0.05) is 38.4 Å². The first-order chi connectivity index (χ1) is 14.9. The van der Waals surface area contributed by atoms with Gasteiger partial charge in [-0.1, -0.05) is 12.1 Å². The maximum absolute atomic E-state index is 13.9. The monoisotopic (exact) mass is 448 g/mol. The van der Waals surface area contributed by atoms with Crippen molar-refractivity contribution in [1.82, 2.24) is 10.2 Å². The van der Waals surface area contributed by atoms with Crippen LogP contribution in [0.5, 0.6) is 5.75 Å². The molecule has 0 unspecified atom stereocenters. The maximum atomic E-state index is 13.9. The normalized spacial score (nSPS) is 15.1. The molecule has 7 nitrogen and oxygen atoms in total. The summed E-state index contributed by atoms with van der Waals surface area (Å²) in [4.78, 5) is 8.64. The van der Waals surface area contributed by atoms with Gasteiger partial charge in [-0.25, -0.2) is 12.8 Å². The number of benzene rings is 2. The second kappa shape index (κ2) is 10.5. The molecule has 1 fully saturated rings. The summed E-state index contributed by atoms with van der Waals surface area (Å²) >= 11 is 0. The molecule has 0 bridgehead atoms. The summed E-state index contributed by atoms with van der Waals surface area (Å²) in [5.41, 5.74) is 1.14. The molecule has 1 heterocycles. The Morgan fingerprint density at radius 1 is 1.10 bits per heavy atom. The third-order valence-electron chi connectivity index (χ3n) is 5.14. The van der Waals surface area contributed by atoms with Crippen molar-refractivity contribution in [2.75, 3.05) is 57.0 Å². The van der Waals surface area contributed by atoms with Gasteiger partial charge in [-0.3, -0.25) is 4.99 Å². The summed E-state index contributed by atoms with van der Waals surface area (Å²) in [6.07, 6.45) is 0. The molecule has 1 N–H and O–H groups in total. The highest BCUT2D eigenvalue weighted by atomic mass is 32.2. The lowest BCUT2D eigenvalue weighted by molar-refractivity contribution is 0.372. The van der Waals surface area contributed by atoms with E-state index < -0.39 is 15.7 Å². The number of rotatable bonds is 7. The molecule has 0 amide bonds. The molecule has 0 aliphatic carbocycles. The van der Waals surface area contributed by atoms with E-state index in [0.29, 0.717) is 12.5 Å². The minimum atomic E-state index is -3.73. The summed E-state index contributed by atoms with van der Waals surface area (Å²) in [6, 6.07) is 13.4. The Kier molecular flexibility index (Phi) is 7.73. The molecule has 3 rings (SSSR count). The van der Waals surface area contributed by atoms with Gasteiger partial charge in [0.05, 0.1) is 19.4 Å². The molecule has 0 atom stereocenters. The molecule has 1 saturated heterocycles. The summed E-state index contributed by atoms with van der Waals surface area (Å²) in [5, 5.41) is 3.23. The fourth-order valence-corrected chi connectivity index (χ4v) is 4.68. The minimum absolute atomic E-state index is 0.0672. The van der Waals surface area contributed by atoms with Crippen molar-refractivity contribution in [3.05, 3.63) is 54.3 Å². The Hall–Kier alpha value is -2.81. The van der Waals surface area contributed by atoms with E-state index in [1.165, 1.54) is 18.2 Å². The summed E-state index contributed by atoms with van der Waals surface area (Å²) in [5.74, 6) is 0.539. The predicted molar refractivity (Wildman–Crippen MR) is 121 cm³/mol. The zero-order chi connectivity index (χ0) is 22.3. The molecule has 0 saturated carbocycles. The molecule has 1 aliphatic heterocycles. The Labute approximate surface area is 183 Å². The van der Waals surface area contributed by atoms with E-state index in [9.17, 15) is 12.8 Å². The van der Waals surface area contributed by atoms with E-state index in [1.807, 2.05) is 31.2 Å². The molecule has 0 aromatic heterocycles. The Morgan fingerprint density at radius 3 is 2.39 bits per heavy atom. The highest BCUT2D eigenvalue weighted by Crippen LogP contribution is 2.20. The van der Waals surface area contributed by atoms with Gasteiger partial charge in [0.25, 0.3) is 0 Å². The molecule has 2 aromatic carbocycles. The number of nitrogens with zero attached hydrogens (tertiary/aromatic N) is 3. The van der Waals surface area contributed by atoms with Gasteiger partial charge in [0.15, 0.2) is 15.8 Å². The fourth-order valence-electron chi connectivity index (χ4n) is 3.47. The largest absolute Gasteiger partial charge is 0.497 e. The number of nitrogens with one attached hydrogen (secondary N) is 1. The lowest BCUT2D eigenvalue weighted by atomic mass is 10.2. The molecule has 0 radical (unpaired) electrons. The van der Waals surface area contributed by atoms with E-state index in [1.54, 1.807) is 7.11 Å². The van der Waals surface area contributed by atoms with Gasteiger partial charge < -0.3 is 19.9 Å². The van der Waals surface area contributed by atoms with Crippen molar-refractivity contribution in [3.63, 3.8) is 0 Å². The SMILES string of the molecule is CCNC(=NCCS(=O)(=O)c1ccccc1F)N1CCN(c2ccc(OC)cc2)CC1. The molecule has 31 heavy (non-hydrogen) atoms. The number of anilines is 1. The van der Waals surface area contributed by atoms with E-state index in [-0.39, 0.29) is 17.2 Å². The third-order valence-corrected chi connectivity index (χ3v) is 6.87. The lowest BCUT2D eigenvalue weighted by Crippen LogP contribution is -2.52. The number of ether oxygens (including phenoxy) is 1. The number of sulfone groups is 1. The number of guanidine groups is 1. The highest BCUT2D eigenvalue weighted by Gasteiger charge is 2.21. The summed E-state index contributed by atoms with van der Waals surface area (Å²) in [6.45, 7) is 5.89. The van der Waals surface area contributed by atoms with E-state index in [2.05, 4.69) is 20.1 Å². The average molecular weight is 449 g/mol. The molecule has 9 heteroatoms. The van der Waals surface area contributed by atoms with E-state index in [4.69, 9.17) is 4.74 Å². The van der Waals surface area contributed by atoms with Gasteiger partial charge in [-0.2, -0.15) is 0 Å². The second-order valence-electron chi connectivity index (χ2n) is 7.16. The highest BCUT2D eigenvalue weighted by molar-refractivity contribution is 7.91. The summed E-state index contributed by atoms with van der Waals surface area (Å²) in [7, 11) is -2.08. The van der Waals surface area contributed by atoms with Crippen LogP contribution in [-0.2, 0) is 9.84 Å². The third kappa shape index (κ3) is 5.88. The van der Waals surface area contributed by atoms with Crippen LogP contribution in [0, 0.1) is 5.82 Å². The van der Waals surface area contributed by atoms with Crippen molar-refractivity contribution in [3.8, 4) is 5.75 Å². The van der Waals surface area contributed by atoms with E-state index >= 15 is 0 Å². The smallest absolute Gasteiger partial charge is 0.194 e. The van der Waals surface area contributed by atoms with Gasteiger partial charge in [0.1, 0.15) is 16.5 Å². The standard InChI is InChI=1S/C22H29FN4O3S/c1-3-24-22(25-12-17-31(28,29)21-7-5-4-6-20(21)23)27-15-13-26(14-16-27)18-8-10-19(30-2)11-9-18/h4-11H,3,12-17H2,1-2H3,(H,24,25). The quantitative estimate of drug-likeness (QED) is 0.518. The molecular formula is C22H29FN4O3S. The van der Waals surface area contributed by atoms with Crippen molar-refractivity contribution < 1.29 is 17.5 Å². The second-order valence-corrected chi connectivity index (χ2v) is 9.23.